The number of ether oxygens (including phenoxy) is 1. The molecule has 0 amide bonds. The average molecular weight is 342 g/mol. The predicted octanol–water partition coefficient (Wildman–Crippen LogP) is 3.20. The third kappa shape index (κ3) is 5.09. The molecule has 0 aromatic heterocycles. The Morgan fingerprint density at radius 1 is 1.00 bits per heavy atom. The van der Waals surface area contributed by atoms with E-state index in [2.05, 4.69) is 0 Å². The number of rotatable bonds is 7. The molecule has 0 aliphatic rings. The lowest BCUT2D eigenvalue weighted by molar-refractivity contribution is 0.0888. The molecule has 0 N–H and O–H groups in total. The molecular formula is C16H16F2O4S. The van der Waals surface area contributed by atoms with Crippen molar-refractivity contribution in [2.45, 2.75) is 18.4 Å². The fourth-order valence-corrected chi connectivity index (χ4v) is 2.70. The van der Waals surface area contributed by atoms with Gasteiger partial charge in [-0.2, -0.15) is 8.42 Å². The van der Waals surface area contributed by atoms with Gasteiger partial charge in [0, 0.05) is 5.56 Å². The van der Waals surface area contributed by atoms with Crippen molar-refractivity contribution in [3.8, 4) is 0 Å². The number of hydrogen-bond acceptors (Lipinski definition) is 4. The van der Waals surface area contributed by atoms with E-state index in [1.54, 1.807) is 12.1 Å². The van der Waals surface area contributed by atoms with Gasteiger partial charge in [-0.25, -0.2) is 8.78 Å². The third-order valence-corrected chi connectivity index (χ3v) is 4.37. The van der Waals surface area contributed by atoms with E-state index in [9.17, 15) is 17.2 Å². The minimum absolute atomic E-state index is 0.0549. The van der Waals surface area contributed by atoms with Crippen LogP contribution in [0.15, 0.2) is 47.4 Å². The maximum Gasteiger partial charge on any atom is 0.297 e. The van der Waals surface area contributed by atoms with Crippen molar-refractivity contribution in [3.63, 3.8) is 0 Å². The molecule has 7 heteroatoms. The van der Waals surface area contributed by atoms with E-state index in [1.807, 2.05) is 6.92 Å². The molecule has 0 spiro atoms. The highest BCUT2D eigenvalue weighted by atomic mass is 32.2. The summed E-state index contributed by atoms with van der Waals surface area (Å²) in [5, 5.41) is 0. The molecule has 0 aliphatic carbocycles. The van der Waals surface area contributed by atoms with Crippen LogP contribution < -0.4 is 0 Å². The lowest BCUT2D eigenvalue weighted by Gasteiger charge is -2.07. The molecule has 0 fully saturated rings. The van der Waals surface area contributed by atoms with Gasteiger partial charge in [-0.15, -0.1) is 0 Å². The molecule has 2 aromatic rings. The van der Waals surface area contributed by atoms with Crippen LogP contribution in [0.3, 0.4) is 0 Å². The highest BCUT2D eigenvalue weighted by Gasteiger charge is 2.14. The zero-order valence-corrected chi connectivity index (χ0v) is 13.3. The fraction of sp³-hybridized carbons (Fsp3) is 0.250. The Hall–Kier alpha value is -1.83. The summed E-state index contributed by atoms with van der Waals surface area (Å²) in [4.78, 5) is 0.0549. The Balaban J connectivity index is 1.81. The van der Waals surface area contributed by atoms with E-state index >= 15 is 0 Å². The first-order valence-electron chi connectivity index (χ1n) is 6.86. The minimum Gasteiger partial charge on any atom is -0.374 e. The van der Waals surface area contributed by atoms with Gasteiger partial charge in [-0.05, 0) is 37.3 Å². The normalized spacial score (nSPS) is 11.6. The van der Waals surface area contributed by atoms with Gasteiger partial charge in [0.2, 0.25) is 0 Å². The van der Waals surface area contributed by atoms with E-state index in [0.29, 0.717) is 0 Å². The summed E-state index contributed by atoms with van der Waals surface area (Å²) in [7, 11) is -3.85. The fourth-order valence-electron chi connectivity index (χ4n) is 1.81. The Bertz CT molecular complexity index is 758. The predicted molar refractivity (Wildman–Crippen MR) is 80.3 cm³/mol. The van der Waals surface area contributed by atoms with Crippen LogP contribution in [0.2, 0.25) is 0 Å². The second-order valence-electron chi connectivity index (χ2n) is 4.88. The quantitative estimate of drug-likeness (QED) is 0.573. The van der Waals surface area contributed by atoms with Gasteiger partial charge >= 0.3 is 0 Å². The minimum atomic E-state index is -3.85. The van der Waals surface area contributed by atoms with Crippen LogP contribution in [0.25, 0.3) is 0 Å². The summed E-state index contributed by atoms with van der Waals surface area (Å²) in [6.45, 7) is 1.39. The molecule has 2 aromatic carbocycles. The summed E-state index contributed by atoms with van der Waals surface area (Å²) >= 11 is 0. The lowest BCUT2D eigenvalue weighted by Crippen LogP contribution is -2.12. The molecule has 0 heterocycles. The first-order chi connectivity index (χ1) is 10.9. The summed E-state index contributed by atoms with van der Waals surface area (Å²) in [5.41, 5.74) is 0.996. The molecule has 0 radical (unpaired) electrons. The molecule has 124 valence electrons. The van der Waals surface area contributed by atoms with Crippen LogP contribution >= 0.6 is 0 Å². The second kappa shape index (κ2) is 7.63. The Morgan fingerprint density at radius 3 is 2.39 bits per heavy atom. The SMILES string of the molecule is Cc1ccc(S(=O)(=O)OCCOCc2cc(F)ccc2F)cc1. The summed E-state index contributed by atoms with van der Waals surface area (Å²) in [6.07, 6.45) is 0. The molecule has 4 nitrogen and oxygen atoms in total. The van der Waals surface area contributed by atoms with Crippen molar-refractivity contribution in [3.05, 3.63) is 65.2 Å². The van der Waals surface area contributed by atoms with Crippen molar-refractivity contribution in [1.82, 2.24) is 0 Å². The van der Waals surface area contributed by atoms with Crippen LogP contribution in [0.4, 0.5) is 8.78 Å². The third-order valence-electron chi connectivity index (χ3n) is 3.04. The standard InChI is InChI=1S/C16H16F2O4S/c1-12-2-5-15(6-3-12)23(19,20)22-9-8-21-11-13-10-14(17)4-7-16(13)18/h2-7,10H,8-9,11H2,1H3. The maximum absolute atomic E-state index is 13.3. The van der Waals surface area contributed by atoms with Crippen molar-refractivity contribution in [2.24, 2.45) is 0 Å². The molecule has 2 rings (SSSR count). The van der Waals surface area contributed by atoms with Gasteiger partial charge in [-0.3, -0.25) is 4.18 Å². The van der Waals surface area contributed by atoms with Crippen LogP contribution in [0.1, 0.15) is 11.1 Å². The van der Waals surface area contributed by atoms with Gasteiger partial charge < -0.3 is 4.74 Å². The van der Waals surface area contributed by atoms with E-state index in [4.69, 9.17) is 8.92 Å². The molecule has 0 saturated carbocycles. The smallest absolute Gasteiger partial charge is 0.297 e. The number of benzene rings is 2. The Morgan fingerprint density at radius 2 is 1.70 bits per heavy atom. The van der Waals surface area contributed by atoms with Crippen LogP contribution in [0.5, 0.6) is 0 Å². The van der Waals surface area contributed by atoms with E-state index in [0.717, 1.165) is 23.8 Å². The summed E-state index contributed by atoms with van der Waals surface area (Å²) < 4.78 is 60.0. The zero-order chi connectivity index (χ0) is 16.9. The largest absolute Gasteiger partial charge is 0.374 e. The van der Waals surface area contributed by atoms with Gasteiger partial charge in [0.1, 0.15) is 11.6 Å². The van der Waals surface area contributed by atoms with Gasteiger partial charge in [0.05, 0.1) is 24.7 Å². The molecule has 0 saturated heterocycles. The molecule has 23 heavy (non-hydrogen) atoms. The van der Waals surface area contributed by atoms with Crippen molar-refractivity contribution in [1.29, 1.82) is 0 Å². The molecule has 0 bridgehead atoms. The maximum atomic E-state index is 13.3. The van der Waals surface area contributed by atoms with Crippen molar-refractivity contribution < 1.29 is 26.1 Å². The topological polar surface area (TPSA) is 52.6 Å². The Kier molecular flexibility index (Phi) is 5.81. The van der Waals surface area contributed by atoms with Crippen molar-refractivity contribution in [2.75, 3.05) is 13.2 Å². The van der Waals surface area contributed by atoms with E-state index in [1.165, 1.54) is 12.1 Å². The summed E-state index contributed by atoms with van der Waals surface area (Å²) in [5.74, 6) is -1.15. The Labute approximate surface area is 133 Å². The average Bonchev–Trinajstić information content (AvgIpc) is 2.50. The highest BCUT2D eigenvalue weighted by Crippen LogP contribution is 2.14. The molecule has 0 unspecified atom stereocenters. The monoisotopic (exact) mass is 342 g/mol. The summed E-state index contributed by atoms with van der Waals surface area (Å²) in [6, 6.07) is 9.28. The highest BCUT2D eigenvalue weighted by molar-refractivity contribution is 7.86. The number of aryl methyl sites for hydroxylation is 1. The molecular weight excluding hydrogens is 326 g/mol. The van der Waals surface area contributed by atoms with E-state index in [-0.39, 0.29) is 30.3 Å². The van der Waals surface area contributed by atoms with Gasteiger partial charge in [-0.1, -0.05) is 17.7 Å². The number of hydrogen-bond donors (Lipinski definition) is 0. The molecule has 0 atom stereocenters. The van der Waals surface area contributed by atoms with E-state index < -0.39 is 21.8 Å². The number of halogens is 2. The van der Waals surface area contributed by atoms with Gasteiger partial charge in [0.25, 0.3) is 10.1 Å². The van der Waals surface area contributed by atoms with Crippen LogP contribution in [-0.4, -0.2) is 21.6 Å². The first-order valence-corrected chi connectivity index (χ1v) is 8.27. The lowest BCUT2D eigenvalue weighted by atomic mass is 10.2. The zero-order valence-electron chi connectivity index (χ0n) is 12.5. The van der Waals surface area contributed by atoms with Crippen molar-refractivity contribution >= 4 is 10.1 Å². The van der Waals surface area contributed by atoms with Gasteiger partial charge in [0.15, 0.2) is 0 Å². The molecule has 0 aliphatic heterocycles. The first kappa shape index (κ1) is 17.5. The van der Waals surface area contributed by atoms with Crippen LogP contribution in [-0.2, 0) is 25.6 Å². The second-order valence-corrected chi connectivity index (χ2v) is 6.49. The van der Waals surface area contributed by atoms with Crippen LogP contribution in [0, 0.1) is 18.6 Å².